The third kappa shape index (κ3) is 5.69. The predicted octanol–water partition coefficient (Wildman–Crippen LogP) is 0.799. The van der Waals surface area contributed by atoms with E-state index in [4.69, 9.17) is 5.11 Å². The van der Waals surface area contributed by atoms with E-state index in [1.165, 1.54) is 12.1 Å². The van der Waals surface area contributed by atoms with Gasteiger partial charge in [-0.05, 0) is 51.2 Å². The standard InChI is InChI=1S/C13H22N2O3S/c1-15(2)10-4-3-9-14-19(17,18)13-7-5-12(11-16)6-8-13/h5-8,14,16H,3-4,9-11H2,1-2H3. The van der Waals surface area contributed by atoms with Crippen molar-refractivity contribution in [1.82, 2.24) is 9.62 Å². The zero-order valence-electron chi connectivity index (χ0n) is 11.5. The van der Waals surface area contributed by atoms with Crippen LogP contribution in [0.5, 0.6) is 0 Å². The first-order valence-electron chi connectivity index (χ1n) is 6.30. The van der Waals surface area contributed by atoms with Crippen molar-refractivity contribution in [3.63, 3.8) is 0 Å². The molecule has 1 aromatic rings. The Labute approximate surface area is 115 Å². The third-order valence-corrected chi connectivity index (χ3v) is 4.22. The fourth-order valence-electron chi connectivity index (χ4n) is 1.62. The summed E-state index contributed by atoms with van der Waals surface area (Å²) in [5, 5.41) is 8.91. The molecular weight excluding hydrogens is 264 g/mol. The van der Waals surface area contributed by atoms with E-state index in [1.807, 2.05) is 14.1 Å². The Hall–Kier alpha value is -0.950. The van der Waals surface area contributed by atoms with Crippen molar-refractivity contribution >= 4 is 10.0 Å². The monoisotopic (exact) mass is 286 g/mol. The highest BCUT2D eigenvalue weighted by Crippen LogP contribution is 2.10. The van der Waals surface area contributed by atoms with Crippen molar-refractivity contribution in [1.29, 1.82) is 0 Å². The van der Waals surface area contributed by atoms with Crippen molar-refractivity contribution in [2.75, 3.05) is 27.2 Å². The molecule has 0 unspecified atom stereocenters. The predicted molar refractivity (Wildman–Crippen MR) is 75.3 cm³/mol. The maximum Gasteiger partial charge on any atom is 0.240 e. The lowest BCUT2D eigenvalue weighted by Gasteiger charge is -2.10. The number of aliphatic hydroxyl groups excluding tert-OH is 1. The van der Waals surface area contributed by atoms with Crippen LogP contribution < -0.4 is 4.72 Å². The first kappa shape index (κ1) is 16.1. The van der Waals surface area contributed by atoms with Crippen LogP contribution in [0.25, 0.3) is 0 Å². The van der Waals surface area contributed by atoms with Crippen LogP contribution in [0.1, 0.15) is 18.4 Å². The number of nitrogens with zero attached hydrogens (tertiary/aromatic N) is 1. The highest BCUT2D eigenvalue weighted by Gasteiger charge is 2.12. The number of benzene rings is 1. The van der Waals surface area contributed by atoms with Crippen LogP contribution in [0.3, 0.4) is 0 Å². The van der Waals surface area contributed by atoms with Gasteiger partial charge in [0.05, 0.1) is 11.5 Å². The van der Waals surface area contributed by atoms with Gasteiger partial charge in [0.25, 0.3) is 0 Å². The quantitative estimate of drug-likeness (QED) is 0.694. The molecule has 1 rings (SSSR count). The molecule has 0 saturated carbocycles. The molecule has 0 spiro atoms. The lowest BCUT2D eigenvalue weighted by molar-refractivity contribution is 0.282. The van der Waals surface area contributed by atoms with Crippen LogP contribution in [0, 0.1) is 0 Å². The molecule has 0 saturated heterocycles. The number of nitrogens with one attached hydrogen (secondary N) is 1. The van der Waals surface area contributed by atoms with Crippen molar-refractivity contribution in [3.05, 3.63) is 29.8 Å². The summed E-state index contributed by atoms with van der Waals surface area (Å²) in [6, 6.07) is 6.24. The minimum atomic E-state index is -3.43. The molecule has 0 bridgehead atoms. The third-order valence-electron chi connectivity index (χ3n) is 2.74. The van der Waals surface area contributed by atoms with Gasteiger partial charge in [0.15, 0.2) is 0 Å². The molecule has 1 aromatic carbocycles. The number of sulfonamides is 1. The van der Waals surface area contributed by atoms with Gasteiger partial charge >= 0.3 is 0 Å². The molecule has 19 heavy (non-hydrogen) atoms. The zero-order valence-corrected chi connectivity index (χ0v) is 12.3. The van der Waals surface area contributed by atoms with Crippen molar-refractivity contribution in [2.45, 2.75) is 24.3 Å². The largest absolute Gasteiger partial charge is 0.392 e. The minimum absolute atomic E-state index is 0.0850. The Balaban J connectivity index is 2.46. The van der Waals surface area contributed by atoms with Gasteiger partial charge < -0.3 is 10.0 Å². The second-order valence-corrected chi connectivity index (χ2v) is 6.48. The molecule has 0 amide bonds. The minimum Gasteiger partial charge on any atom is -0.392 e. The van der Waals surface area contributed by atoms with Crippen LogP contribution in [-0.4, -0.2) is 45.6 Å². The van der Waals surface area contributed by atoms with Crippen LogP contribution in [0.4, 0.5) is 0 Å². The van der Waals surface area contributed by atoms with E-state index in [2.05, 4.69) is 9.62 Å². The normalized spacial score (nSPS) is 12.0. The molecule has 0 aliphatic carbocycles. The number of unbranched alkanes of at least 4 members (excludes halogenated alkanes) is 1. The van der Waals surface area contributed by atoms with Gasteiger partial charge in [-0.15, -0.1) is 0 Å². The smallest absolute Gasteiger partial charge is 0.240 e. The van der Waals surface area contributed by atoms with Gasteiger partial charge in [-0.2, -0.15) is 0 Å². The first-order chi connectivity index (χ1) is 8.95. The Bertz CT molecular complexity index is 469. The van der Waals surface area contributed by atoms with Crippen LogP contribution in [0.15, 0.2) is 29.2 Å². The molecule has 0 heterocycles. The summed E-state index contributed by atoms with van der Waals surface area (Å²) in [4.78, 5) is 2.31. The van der Waals surface area contributed by atoms with Gasteiger partial charge in [-0.25, -0.2) is 13.1 Å². The number of aliphatic hydroxyl groups is 1. The zero-order chi connectivity index (χ0) is 14.3. The van der Waals surface area contributed by atoms with Gasteiger partial charge in [-0.1, -0.05) is 12.1 Å². The summed E-state index contributed by atoms with van der Waals surface area (Å²) in [6.07, 6.45) is 1.77. The summed E-state index contributed by atoms with van der Waals surface area (Å²) in [5.74, 6) is 0. The molecule has 5 nitrogen and oxygen atoms in total. The summed E-state index contributed by atoms with van der Waals surface area (Å²) in [7, 11) is 0.555. The van der Waals surface area contributed by atoms with Crippen molar-refractivity contribution < 1.29 is 13.5 Å². The second kappa shape index (κ2) is 7.59. The number of hydrogen-bond donors (Lipinski definition) is 2. The van der Waals surface area contributed by atoms with Crippen LogP contribution >= 0.6 is 0 Å². The Kier molecular flexibility index (Phi) is 6.44. The maximum atomic E-state index is 11.9. The van der Waals surface area contributed by atoms with Gasteiger partial charge in [0.1, 0.15) is 0 Å². The molecule has 0 aromatic heterocycles. The van der Waals surface area contributed by atoms with Crippen LogP contribution in [0.2, 0.25) is 0 Å². The average molecular weight is 286 g/mol. The SMILES string of the molecule is CN(C)CCCCNS(=O)(=O)c1ccc(CO)cc1. The van der Waals surface area contributed by atoms with E-state index in [0.29, 0.717) is 12.1 Å². The molecular formula is C13H22N2O3S. The molecule has 0 aliphatic rings. The lowest BCUT2D eigenvalue weighted by atomic mass is 10.2. The molecule has 2 N–H and O–H groups in total. The van der Waals surface area contributed by atoms with Gasteiger partial charge in [0.2, 0.25) is 10.0 Å². The Morgan fingerprint density at radius 2 is 1.79 bits per heavy atom. The van der Waals surface area contributed by atoms with Crippen molar-refractivity contribution in [2.24, 2.45) is 0 Å². The lowest BCUT2D eigenvalue weighted by Crippen LogP contribution is -2.25. The summed E-state index contributed by atoms with van der Waals surface area (Å²) < 4.78 is 26.5. The van der Waals surface area contributed by atoms with E-state index in [0.717, 1.165) is 19.4 Å². The molecule has 6 heteroatoms. The fourth-order valence-corrected chi connectivity index (χ4v) is 2.69. The molecule has 0 radical (unpaired) electrons. The number of rotatable bonds is 8. The Morgan fingerprint density at radius 3 is 2.32 bits per heavy atom. The van der Waals surface area contributed by atoms with Crippen LogP contribution in [-0.2, 0) is 16.6 Å². The average Bonchev–Trinajstić information content (AvgIpc) is 2.38. The molecule has 0 aliphatic heterocycles. The summed E-state index contributed by atoms with van der Waals surface area (Å²) in [6.45, 7) is 1.31. The highest BCUT2D eigenvalue weighted by atomic mass is 32.2. The topological polar surface area (TPSA) is 69.6 Å². The van der Waals surface area contributed by atoms with E-state index in [1.54, 1.807) is 12.1 Å². The van der Waals surface area contributed by atoms with E-state index >= 15 is 0 Å². The molecule has 0 atom stereocenters. The molecule has 108 valence electrons. The first-order valence-corrected chi connectivity index (χ1v) is 7.78. The van der Waals surface area contributed by atoms with Crippen molar-refractivity contribution in [3.8, 4) is 0 Å². The summed E-state index contributed by atoms with van der Waals surface area (Å²) >= 11 is 0. The molecule has 0 fully saturated rings. The summed E-state index contributed by atoms with van der Waals surface area (Å²) in [5.41, 5.74) is 0.699. The van der Waals surface area contributed by atoms with E-state index in [-0.39, 0.29) is 11.5 Å². The maximum absolute atomic E-state index is 11.9. The van der Waals surface area contributed by atoms with E-state index in [9.17, 15) is 8.42 Å². The Morgan fingerprint density at radius 1 is 1.16 bits per heavy atom. The fraction of sp³-hybridized carbons (Fsp3) is 0.538. The number of hydrogen-bond acceptors (Lipinski definition) is 4. The van der Waals surface area contributed by atoms with E-state index < -0.39 is 10.0 Å². The highest BCUT2D eigenvalue weighted by molar-refractivity contribution is 7.89. The second-order valence-electron chi connectivity index (χ2n) is 4.71. The van der Waals surface area contributed by atoms with Gasteiger partial charge in [-0.3, -0.25) is 0 Å². The van der Waals surface area contributed by atoms with Gasteiger partial charge in [0, 0.05) is 6.54 Å².